The molecule has 5 aliphatic rings. The summed E-state index contributed by atoms with van der Waals surface area (Å²) in [6, 6.07) is 10.3. The maximum atomic E-state index is 13.1. The van der Waals surface area contributed by atoms with E-state index in [1.54, 1.807) is 6.21 Å². The standard InChI is InChI=1S/C25H25N3O2/c1-13-6-4-5-7-21(13)27-14(2)10-16(15(27)3)12-26-28-24(29)22-17-8-9-18(20-11-19(17)20)23(22)25(28)30/h4-10,12,17-20,22-23H,11H2,1-3H3/b26-12-/t17-,18-,19-,20-,22-,23+/m0/s1. The summed E-state index contributed by atoms with van der Waals surface area (Å²) in [6.07, 6.45) is 7.23. The topological polar surface area (TPSA) is 54.7 Å². The predicted molar refractivity (Wildman–Crippen MR) is 114 cm³/mol. The summed E-state index contributed by atoms with van der Waals surface area (Å²) in [4.78, 5) is 26.2. The van der Waals surface area contributed by atoms with E-state index >= 15 is 0 Å². The van der Waals surface area contributed by atoms with Gasteiger partial charge >= 0.3 is 0 Å². The Hall–Kier alpha value is -2.95. The number of hydrogen-bond acceptors (Lipinski definition) is 3. The second kappa shape index (κ2) is 6.03. The first-order valence-corrected chi connectivity index (χ1v) is 10.8. The number of carbonyl (C=O) groups is 2. The molecule has 1 aromatic carbocycles. The quantitative estimate of drug-likeness (QED) is 0.448. The predicted octanol–water partition coefficient (Wildman–Crippen LogP) is 3.79. The molecule has 2 amide bonds. The van der Waals surface area contributed by atoms with Gasteiger partial charge in [0, 0.05) is 22.6 Å². The van der Waals surface area contributed by atoms with Crippen molar-refractivity contribution in [1.29, 1.82) is 0 Å². The third kappa shape index (κ3) is 2.26. The number of aryl methyl sites for hydroxylation is 2. The highest BCUT2D eigenvalue weighted by Crippen LogP contribution is 2.65. The fraction of sp³-hybridized carbons (Fsp3) is 0.400. The molecule has 0 spiro atoms. The van der Waals surface area contributed by atoms with Gasteiger partial charge in [-0.15, -0.1) is 0 Å². The van der Waals surface area contributed by atoms with Gasteiger partial charge in [-0.05, 0) is 68.6 Å². The van der Waals surface area contributed by atoms with Crippen molar-refractivity contribution in [2.45, 2.75) is 27.2 Å². The molecule has 2 bridgehead atoms. The summed E-state index contributed by atoms with van der Waals surface area (Å²) in [5, 5.41) is 5.58. The number of carbonyl (C=O) groups excluding carboxylic acids is 2. The monoisotopic (exact) mass is 399 g/mol. The molecule has 2 aromatic rings. The Labute approximate surface area is 176 Å². The third-order valence-corrected chi connectivity index (χ3v) is 7.78. The number of aromatic nitrogens is 1. The van der Waals surface area contributed by atoms with Crippen LogP contribution in [-0.4, -0.2) is 27.6 Å². The zero-order chi connectivity index (χ0) is 20.7. The Bertz CT molecular complexity index is 1120. The molecule has 1 aromatic heterocycles. The second-order valence-electron chi connectivity index (χ2n) is 9.34. The normalized spacial score (nSPS) is 33.5. The fourth-order valence-corrected chi connectivity index (χ4v) is 6.28. The van der Waals surface area contributed by atoms with Gasteiger partial charge in [0.1, 0.15) is 0 Å². The minimum atomic E-state index is -0.201. The minimum Gasteiger partial charge on any atom is -0.318 e. The average Bonchev–Trinajstić information content (AvgIpc) is 3.46. The van der Waals surface area contributed by atoms with Crippen molar-refractivity contribution >= 4 is 18.0 Å². The number of hydrogen-bond donors (Lipinski definition) is 0. The van der Waals surface area contributed by atoms with Gasteiger partial charge in [-0.3, -0.25) is 9.59 Å². The molecular formula is C25H25N3O2. The molecule has 0 unspecified atom stereocenters. The van der Waals surface area contributed by atoms with Crippen LogP contribution in [0.3, 0.4) is 0 Å². The number of imide groups is 1. The maximum Gasteiger partial charge on any atom is 0.254 e. The number of amides is 2. The third-order valence-electron chi connectivity index (χ3n) is 7.78. The molecule has 6 atom stereocenters. The molecule has 4 aliphatic carbocycles. The number of rotatable bonds is 3. The molecule has 30 heavy (non-hydrogen) atoms. The smallest absolute Gasteiger partial charge is 0.254 e. The Morgan fingerprint density at radius 2 is 1.60 bits per heavy atom. The summed E-state index contributed by atoms with van der Waals surface area (Å²) >= 11 is 0. The SMILES string of the molecule is Cc1ccccc1-n1c(C)cc(/C=N\N2C(=O)[C@@H]3[C@H]4C=C[C@@H]([C@@H]5C[C@@H]45)[C@@H]3C2=O)c1C. The number of para-hydroxylation sites is 1. The van der Waals surface area contributed by atoms with E-state index < -0.39 is 0 Å². The summed E-state index contributed by atoms with van der Waals surface area (Å²) in [7, 11) is 0. The van der Waals surface area contributed by atoms with Crippen LogP contribution >= 0.6 is 0 Å². The zero-order valence-electron chi connectivity index (χ0n) is 17.4. The first-order valence-electron chi connectivity index (χ1n) is 10.8. The molecule has 3 fully saturated rings. The first kappa shape index (κ1) is 17.9. The van der Waals surface area contributed by atoms with E-state index in [0.717, 1.165) is 27.6 Å². The van der Waals surface area contributed by atoms with Crippen LogP contribution in [-0.2, 0) is 9.59 Å². The van der Waals surface area contributed by atoms with E-state index in [4.69, 9.17) is 0 Å². The number of hydrazone groups is 1. The van der Waals surface area contributed by atoms with Gasteiger partial charge in [0.2, 0.25) is 0 Å². The van der Waals surface area contributed by atoms with Crippen LogP contribution in [0.5, 0.6) is 0 Å². The number of allylic oxidation sites excluding steroid dienone is 2. The zero-order valence-corrected chi connectivity index (χ0v) is 17.4. The molecule has 1 aliphatic heterocycles. The lowest BCUT2D eigenvalue weighted by molar-refractivity contribution is -0.140. The number of benzene rings is 1. The molecular weight excluding hydrogens is 374 g/mol. The lowest BCUT2D eigenvalue weighted by Crippen LogP contribution is -2.40. The van der Waals surface area contributed by atoms with Crippen molar-refractivity contribution in [3.8, 4) is 5.69 Å². The summed E-state index contributed by atoms with van der Waals surface area (Å²) < 4.78 is 2.20. The van der Waals surface area contributed by atoms with Crippen molar-refractivity contribution in [3.63, 3.8) is 0 Å². The van der Waals surface area contributed by atoms with E-state index in [1.165, 1.54) is 12.0 Å². The van der Waals surface area contributed by atoms with E-state index in [0.29, 0.717) is 11.8 Å². The first-order chi connectivity index (χ1) is 14.5. The molecule has 0 radical (unpaired) electrons. The van der Waals surface area contributed by atoms with Crippen molar-refractivity contribution in [2.75, 3.05) is 0 Å². The Morgan fingerprint density at radius 3 is 2.23 bits per heavy atom. The van der Waals surface area contributed by atoms with Crippen LogP contribution in [0.1, 0.15) is 28.9 Å². The second-order valence-corrected chi connectivity index (χ2v) is 9.34. The lowest BCUT2D eigenvalue weighted by Gasteiger charge is -2.37. The average molecular weight is 399 g/mol. The lowest BCUT2D eigenvalue weighted by atomic mass is 9.63. The van der Waals surface area contributed by atoms with Crippen molar-refractivity contribution in [3.05, 3.63) is 65.0 Å². The Balaban J connectivity index is 1.32. The van der Waals surface area contributed by atoms with Crippen LogP contribution in [0, 0.1) is 56.3 Å². The van der Waals surface area contributed by atoms with Crippen LogP contribution in [0.25, 0.3) is 5.69 Å². The van der Waals surface area contributed by atoms with Gasteiger partial charge in [0.05, 0.1) is 18.1 Å². The summed E-state index contributed by atoms with van der Waals surface area (Å²) in [6.45, 7) is 6.21. The fourth-order valence-electron chi connectivity index (χ4n) is 6.28. The van der Waals surface area contributed by atoms with E-state index in [1.807, 2.05) is 19.1 Å². The molecule has 2 saturated carbocycles. The van der Waals surface area contributed by atoms with E-state index in [2.05, 4.69) is 53.9 Å². The van der Waals surface area contributed by atoms with Crippen molar-refractivity contribution < 1.29 is 9.59 Å². The highest BCUT2D eigenvalue weighted by molar-refractivity contribution is 6.06. The molecule has 152 valence electrons. The van der Waals surface area contributed by atoms with Crippen LogP contribution in [0.4, 0.5) is 0 Å². The molecule has 2 heterocycles. The van der Waals surface area contributed by atoms with Gasteiger partial charge in [-0.25, -0.2) is 0 Å². The molecule has 5 heteroatoms. The van der Waals surface area contributed by atoms with Gasteiger partial charge in [-0.2, -0.15) is 10.1 Å². The van der Waals surface area contributed by atoms with Gasteiger partial charge in [0.25, 0.3) is 11.8 Å². The molecule has 0 N–H and O–H groups in total. The van der Waals surface area contributed by atoms with Gasteiger partial charge in [0.15, 0.2) is 0 Å². The Kier molecular flexibility index (Phi) is 3.59. The van der Waals surface area contributed by atoms with E-state index in [-0.39, 0.29) is 35.5 Å². The minimum absolute atomic E-state index is 0.112. The number of nitrogens with zero attached hydrogens (tertiary/aromatic N) is 3. The van der Waals surface area contributed by atoms with Crippen molar-refractivity contribution in [1.82, 2.24) is 9.58 Å². The van der Waals surface area contributed by atoms with Crippen LogP contribution in [0.15, 0.2) is 47.6 Å². The molecule has 1 saturated heterocycles. The maximum absolute atomic E-state index is 13.1. The van der Waals surface area contributed by atoms with Gasteiger partial charge in [-0.1, -0.05) is 30.4 Å². The van der Waals surface area contributed by atoms with Crippen LogP contribution < -0.4 is 0 Å². The highest BCUT2D eigenvalue weighted by Gasteiger charge is 2.67. The largest absolute Gasteiger partial charge is 0.318 e. The molecule has 7 rings (SSSR count). The highest BCUT2D eigenvalue weighted by atomic mass is 16.2. The van der Waals surface area contributed by atoms with E-state index in [9.17, 15) is 9.59 Å². The van der Waals surface area contributed by atoms with Crippen LogP contribution in [0.2, 0.25) is 0 Å². The van der Waals surface area contributed by atoms with Crippen molar-refractivity contribution in [2.24, 2.45) is 40.6 Å². The molecule has 5 nitrogen and oxygen atoms in total. The van der Waals surface area contributed by atoms with Gasteiger partial charge < -0.3 is 4.57 Å². The summed E-state index contributed by atoms with van der Waals surface area (Å²) in [5.41, 5.74) is 5.39. The summed E-state index contributed by atoms with van der Waals surface area (Å²) in [5.74, 6) is 1.04. The Morgan fingerprint density at radius 1 is 0.967 bits per heavy atom.